The SMILES string of the molecule is COc1cc(Cl)c(C)cc1NC(=O)c1ccc(N2CCOCC2)nc1. The number of nitrogens with zero attached hydrogens (tertiary/aromatic N) is 2. The third-order valence-electron chi connectivity index (χ3n) is 4.07. The van der Waals surface area contributed by atoms with E-state index >= 15 is 0 Å². The maximum Gasteiger partial charge on any atom is 0.257 e. The van der Waals surface area contributed by atoms with Crippen LogP contribution in [0.4, 0.5) is 11.5 Å². The van der Waals surface area contributed by atoms with Crippen molar-refractivity contribution in [2.75, 3.05) is 43.6 Å². The Kier molecular flexibility index (Phi) is 5.40. The van der Waals surface area contributed by atoms with Crippen molar-refractivity contribution in [3.05, 3.63) is 46.6 Å². The van der Waals surface area contributed by atoms with Crippen molar-refractivity contribution in [3.63, 3.8) is 0 Å². The second-order valence-corrected chi connectivity index (χ2v) is 6.17. The van der Waals surface area contributed by atoms with Crippen LogP contribution in [0.5, 0.6) is 5.75 Å². The summed E-state index contributed by atoms with van der Waals surface area (Å²) < 4.78 is 10.6. The van der Waals surface area contributed by atoms with Crippen molar-refractivity contribution in [2.45, 2.75) is 6.92 Å². The summed E-state index contributed by atoms with van der Waals surface area (Å²) in [5, 5.41) is 3.44. The van der Waals surface area contributed by atoms with Gasteiger partial charge >= 0.3 is 0 Å². The van der Waals surface area contributed by atoms with Gasteiger partial charge in [0.2, 0.25) is 0 Å². The number of pyridine rings is 1. The molecule has 0 atom stereocenters. The van der Waals surface area contributed by atoms with Gasteiger partial charge in [0.1, 0.15) is 11.6 Å². The summed E-state index contributed by atoms with van der Waals surface area (Å²) in [6.07, 6.45) is 1.58. The number of ether oxygens (including phenoxy) is 2. The molecule has 2 heterocycles. The van der Waals surface area contributed by atoms with Crippen LogP contribution in [0.3, 0.4) is 0 Å². The van der Waals surface area contributed by atoms with Crippen LogP contribution in [0, 0.1) is 6.92 Å². The van der Waals surface area contributed by atoms with Gasteiger partial charge in [-0.25, -0.2) is 4.98 Å². The largest absolute Gasteiger partial charge is 0.495 e. The van der Waals surface area contributed by atoms with Crippen molar-refractivity contribution >= 4 is 29.0 Å². The smallest absolute Gasteiger partial charge is 0.257 e. The topological polar surface area (TPSA) is 63.7 Å². The van der Waals surface area contributed by atoms with Crippen LogP contribution in [0.15, 0.2) is 30.5 Å². The minimum Gasteiger partial charge on any atom is -0.495 e. The summed E-state index contributed by atoms with van der Waals surface area (Å²) in [4.78, 5) is 19.0. The Hall–Kier alpha value is -2.31. The first kappa shape index (κ1) is 17.5. The summed E-state index contributed by atoms with van der Waals surface area (Å²) in [6.45, 7) is 4.87. The minimum atomic E-state index is -0.249. The number of rotatable bonds is 4. The molecular formula is C18H20ClN3O3. The fraction of sp³-hybridized carbons (Fsp3) is 0.333. The first-order chi connectivity index (χ1) is 12.1. The summed E-state index contributed by atoms with van der Waals surface area (Å²) in [7, 11) is 1.54. The van der Waals surface area contributed by atoms with Crippen molar-refractivity contribution in [3.8, 4) is 5.75 Å². The molecule has 7 heteroatoms. The number of aromatic nitrogens is 1. The zero-order chi connectivity index (χ0) is 17.8. The summed E-state index contributed by atoms with van der Waals surface area (Å²) >= 11 is 6.09. The van der Waals surface area contributed by atoms with E-state index in [4.69, 9.17) is 21.1 Å². The molecule has 1 aromatic heterocycles. The molecule has 1 aliphatic rings. The van der Waals surface area contributed by atoms with Gasteiger partial charge in [0, 0.05) is 30.4 Å². The van der Waals surface area contributed by atoms with E-state index in [1.807, 2.05) is 13.0 Å². The number of nitrogens with one attached hydrogen (secondary N) is 1. The van der Waals surface area contributed by atoms with E-state index in [0.29, 0.717) is 35.2 Å². The van der Waals surface area contributed by atoms with Gasteiger partial charge in [-0.15, -0.1) is 0 Å². The van der Waals surface area contributed by atoms with E-state index in [-0.39, 0.29) is 5.91 Å². The van der Waals surface area contributed by atoms with E-state index < -0.39 is 0 Å². The van der Waals surface area contributed by atoms with Crippen molar-refractivity contribution in [1.29, 1.82) is 0 Å². The molecule has 1 saturated heterocycles. The van der Waals surface area contributed by atoms with Crippen molar-refractivity contribution in [1.82, 2.24) is 4.98 Å². The molecule has 0 spiro atoms. The van der Waals surface area contributed by atoms with Crippen LogP contribution >= 0.6 is 11.6 Å². The molecule has 25 heavy (non-hydrogen) atoms. The van der Waals surface area contributed by atoms with Gasteiger partial charge in [-0.2, -0.15) is 0 Å². The number of hydrogen-bond donors (Lipinski definition) is 1. The molecule has 2 aromatic rings. The van der Waals surface area contributed by atoms with E-state index in [1.54, 1.807) is 24.4 Å². The van der Waals surface area contributed by atoms with Gasteiger partial charge in [0.25, 0.3) is 5.91 Å². The highest BCUT2D eigenvalue weighted by atomic mass is 35.5. The second kappa shape index (κ2) is 7.72. The molecule has 1 amide bonds. The van der Waals surface area contributed by atoms with Crippen LogP contribution in [-0.4, -0.2) is 44.3 Å². The highest BCUT2D eigenvalue weighted by Gasteiger charge is 2.15. The van der Waals surface area contributed by atoms with E-state index in [1.165, 1.54) is 7.11 Å². The van der Waals surface area contributed by atoms with Gasteiger partial charge in [0.15, 0.2) is 0 Å². The molecule has 1 N–H and O–H groups in total. The van der Waals surface area contributed by atoms with Crippen LogP contribution in [0.25, 0.3) is 0 Å². The lowest BCUT2D eigenvalue weighted by Gasteiger charge is -2.27. The maximum absolute atomic E-state index is 12.5. The predicted octanol–water partition coefficient (Wildman–Crippen LogP) is 3.14. The van der Waals surface area contributed by atoms with Gasteiger partial charge < -0.3 is 19.7 Å². The monoisotopic (exact) mass is 361 g/mol. The maximum atomic E-state index is 12.5. The molecular weight excluding hydrogens is 342 g/mol. The highest BCUT2D eigenvalue weighted by molar-refractivity contribution is 6.31. The number of methoxy groups -OCH3 is 1. The molecule has 0 unspecified atom stereocenters. The number of halogens is 1. The number of benzene rings is 1. The predicted molar refractivity (Wildman–Crippen MR) is 98.0 cm³/mol. The molecule has 132 valence electrons. The first-order valence-electron chi connectivity index (χ1n) is 8.02. The quantitative estimate of drug-likeness (QED) is 0.906. The number of anilines is 2. The van der Waals surface area contributed by atoms with Gasteiger partial charge in [-0.05, 0) is 30.7 Å². The highest BCUT2D eigenvalue weighted by Crippen LogP contribution is 2.31. The van der Waals surface area contributed by atoms with Crippen LogP contribution in [-0.2, 0) is 4.74 Å². The lowest BCUT2D eigenvalue weighted by atomic mass is 10.2. The van der Waals surface area contributed by atoms with E-state index in [2.05, 4.69) is 15.2 Å². The zero-order valence-electron chi connectivity index (χ0n) is 14.2. The third-order valence-corrected chi connectivity index (χ3v) is 4.48. The second-order valence-electron chi connectivity index (χ2n) is 5.76. The van der Waals surface area contributed by atoms with E-state index in [9.17, 15) is 4.79 Å². The number of aryl methyl sites for hydroxylation is 1. The molecule has 3 rings (SSSR count). The lowest BCUT2D eigenvalue weighted by Crippen LogP contribution is -2.36. The first-order valence-corrected chi connectivity index (χ1v) is 8.40. The van der Waals surface area contributed by atoms with Crippen molar-refractivity contribution in [2.24, 2.45) is 0 Å². The fourth-order valence-corrected chi connectivity index (χ4v) is 2.78. The molecule has 0 bridgehead atoms. The van der Waals surface area contributed by atoms with Gasteiger partial charge in [-0.3, -0.25) is 4.79 Å². The Bertz CT molecular complexity index is 759. The fourth-order valence-electron chi connectivity index (χ4n) is 2.62. The molecule has 0 aliphatic carbocycles. The third kappa shape index (κ3) is 4.03. The summed E-state index contributed by atoms with van der Waals surface area (Å²) in [5.74, 6) is 1.11. The Morgan fingerprint density at radius 1 is 1.32 bits per heavy atom. The summed E-state index contributed by atoms with van der Waals surface area (Å²) in [6, 6.07) is 7.09. The normalized spacial score (nSPS) is 14.3. The minimum absolute atomic E-state index is 0.249. The van der Waals surface area contributed by atoms with Gasteiger partial charge in [0.05, 0.1) is 31.6 Å². The number of carbonyl (C=O) groups is 1. The molecule has 1 fully saturated rings. The zero-order valence-corrected chi connectivity index (χ0v) is 15.0. The van der Waals surface area contributed by atoms with E-state index in [0.717, 1.165) is 24.5 Å². The molecule has 0 saturated carbocycles. The number of morpholine rings is 1. The van der Waals surface area contributed by atoms with Crippen LogP contribution < -0.4 is 15.0 Å². The molecule has 1 aromatic carbocycles. The Balaban J connectivity index is 1.74. The van der Waals surface area contributed by atoms with Crippen LogP contribution in [0.2, 0.25) is 5.02 Å². The Morgan fingerprint density at radius 2 is 2.08 bits per heavy atom. The molecule has 1 aliphatic heterocycles. The molecule has 6 nitrogen and oxygen atoms in total. The average Bonchev–Trinajstić information content (AvgIpc) is 2.65. The number of hydrogen-bond acceptors (Lipinski definition) is 5. The van der Waals surface area contributed by atoms with Crippen LogP contribution in [0.1, 0.15) is 15.9 Å². The summed E-state index contributed by atoms with van der Waals surface area (Å²) in [5.41, 5.74) is 1.91. The van der Waals surface area contributed by atoms with Crippen molar-refractivity contribution < 1.29 is 14.3 Å². The molecule has 0 radical (unpaired) electrons. The average molecular weight is 362 g/mol. The lowest BCUT2D eigenvalue weighted by molar-refractivity contribution is 0.102. The standard InChI is InChI=1S/C18H20ClN3O3/c1-12-9-15(16(24-2)10-14(12)19)21-18(23)13-3-4-17(20-11-13)22-5-7-25-8-6-22/h3-4,9-11H,5-8H2,1-2H3,(H,21,23). The Morgan fingerprint density at radius 3 is 2.72 bits per heavy atom. The number of carbonyl (C=O) groups excluding carboxylic acids is 1. The van der Waals surface area contributed by atoms with Gasteiger partial charge in [-0.1, -0.05) is 11.6 Å². The Labute approximate surface area is 151 Å². The number of amides is 1.